The van der Waals surface area contributed by atoms with Crippen molar-refractivity contribution >= 4 is 0 Å². The van der Waals surface area contributed by atoms with E-state index in [0.717, 1.165) is 18.9 Å². The zero-order valence-corrected chi connectivity index (χ0v) is 10.0. The third kappa shape index (κ3) is 4.01. The fraction of sp³-hybridized carbons (Fsp3) is 0.727. The molecular formula is C11H21N3O. The summed E-state index contributed by atoms with van der Waals surface area (Å²) in [4.78, 5) is 4.32. The maximum atomic E-state index is 5.24. The molecule has 4 nitrogen and oxygen atoms in total. The molecule has 0 saturated carbocycles. The highest BCUT2D eigenvalue weighted by Gasteiger charge is 2.06. The molecule has 86 valence electrons. The molecule has 0 amide bonds. The second-order valence-corrected chi connectivity index (χ2v) is 4.08. The standard InChI is InChI=1S/C11H21N3O/c1-9(2)13-7-11-12-5-6-14(11)8-10(3)15-4/h5-6,9-10,13H,7-8H2,1-4H3. The molecule has 1 heterocycles. The van der Waals surface area contributed by atoms with Gasteiger partial charge >= 0.3 is 0 Å². The van der Waals surface area contributed by atoms with Crippen molar-refractivity contribution in [3.63, 3.8) is 0 Å². The third-order valence-electron chi connectivity index (χ3n) is 2.33. The highest BCUT2D eigenvalue weighted by molar-refractivity contribution is 4.92. The summed E-state index contributed by atoms with van der Waals surface area (Å²) in [6.07, 6.45) is 4.05. The van der Waals surface area contributed by atoms with Gasteiger partial charge < -0.3 is 14.6 Å². The van der Waals surface area contributed by atoms with Crippen molar-refractivity contribution in [1.82, 2.24) is 14.9 Å². The summed E-state index contributed by atoms with van der Waals surface area (Å²) >= 11 is 0. The van der Waals surface area contributed by atoms with Gasteiger partial charge in [0.1, 0.15) is 5.82 Å². The number of imidazole rings is 1. The topological polar surface area (TPSA) is 39.1 Å². The summed E-state index contributed by atoms with van der Waals surface area (Å²) in [6, 6.07) is 0.481. The first-order valence-corrected chi connectivity index (χ1v) is 5.39. The summed E-state index contributed by atoms with van der Waals surface area (Å²) in [6.45, 7) is 7.97. The Bertz CT molecular complexity index is 283. The average Bonchev–Trinajstić information content (AvgIpc) is 2.62. The number of nitrogens with zero attached hydrogens (tertiary/aromatic N) is 2. The number of methoxy groups -OCH3 is 1. The van der Waals surface area contributed by atoms with Gasteiger partial charge in [-0.15, -0.1) is 0 Å². The molecule has 0 aliphatic rings. The van der Waals surface area contributed by atoms with Crippen molar-refractivity contribution in [2.45, 2.75) is 46.0 Å². The summed E-state index contributed by atoms with van der Waals surface area (Å²) in [5.41, 5.74) is 0. The lowest BCUT2D eigenvalue weighted by atomic mass is 10.3. The molecule has 0 fully saturated rings. The van der Waals surface area contributed by atoms with Crippen LogP contribution >= 0.6 is 0 Å². The van der Waals surface area contributed by atoms with Crippen LogP contribution in [-0.4, -0.2) is 28.8 Å². The predicted molar refractivity (Wildman–Crippen MR) is 60.7 cm³/mol. The molecule has 0 aliphatic heterocycles. The van der Waals surface area contributed by atoms with Gasteiger partial charge in [0, 0.05) is 32.1 Å². The van der Waals surface area contributed by atoms with Crippen LogP contribution in [0.1, 0.15) is 26.6 Å². The Hall–Kier alpha value is -0.870. The fourth-order valence-corrected chi connectivity index (χ4v) is 1.32. The van der Waals surface area contributed by atoms with Gasteiger partial charge in [0.2, 0.25) is 0 Å². The second-order valence-electron chi connectivity index (χ2n) is 4.08. The van der Waals surface area contributed by atoms with Crippen molar-refractivity contribution in [3.8, 4) is 0 Å². The molecule has 1 rings (SSSR count). The Kier molecular flexibility index (Phi) is 4.78. The van der Waals surface area contributed by atoms with E-state index in [9.17, 15) is 0 Å². The van der Waals surface area contributed by atoms with E-state index in [1.807, 2.05) is 12.4 Å². The number of aromatic nitrogens is 2. The highest BCUT2D eigenvalue weighted by Crippen LogP contribution is 2.01. The van der Waals surface area contributed by atoms with Crippen LogP contribution in [-0.2, 0) is 17.8 Å². The highest BCUT2D eigenvalue weighted by atomic mass is 16.5. The number of nitrogens with one attached hydrogen (secondary N) is 1. The van der Waals surface area contributed by atoms with Gasteiger partial charge in [-0.25, -0.2) is 4.98 Å². The van der Waals surface area contributed by atoms with Gasteiger partial charge in [0.15, 0.2) is 0 Å². The molecule has 0 saturated heterocycles. The van der Waals surface area contributed by atoms with Crippen LogP contribution in [0, 0.1) is 0 Å². The lowest BCUT2D eigenvalue weighted by Crippen LogP contribution is -2.25. The van der Waals surface area contributed by atoms with Crippen molar-refractivity contribution in [1.29, 1.82) is 0 Å². The zero-order chi connectivity index (χ0) is 11.3. The smallest absolute Gasteiger partial charge is 0.122 e. The monoisotopic (exact) mass is 211 g/mol. The molecule has 15 heavy (non-hydrogen) atoms. The molecule has 0 aromatic carbocycles. The van der Waals surface area contributed by atoms with Crippen LogP contribution in [0.4, 0.5) is 0 Å². The lowest BCUT2D eigenvalue weighted by molar-refractivity contribution is 0.102. The minimum Gasteiger partial charge on any atom is -0.380 e. The van der Waals surface area contributed by atoms with Crippen LogP contribution in [0.2, 0.25) is 0 Å². The molecule has 0 bridgehead atoms. The first-order chi connectivity index (χ1) is 7.13. The van der Waals surface area contributed by atoms with Crippen LogP contribution in [0.15, 0.2) is 12.4 Å². The van der Waals surface area contributed by atoms with E-state index in [-0.39, 0.29) is 6.10 Å². The molecule has 0 aliphatic carbocycles. The van der Waals surface area contributed by atoms with Crippen LogP contribution < -0.4 is 5.32 Å². The second kappa shape index (κ2) is 5.88. The minimum atomic E-state index is 0.219. The quantitative estimate of drug-likeness (QED) is 0.773. The van der Waals surface area contributed by atoms with E-state index in [0.29, 0.717) is 6.04 Å². The van der Waals surface area contributed by atoms with E-state index >= 15 is 0 Å². The molecule has 1 aromatic rings. The summed E-state index contributed by atoms with van der Waals surface area (Å²) in [7, 11) is 1.73. The normalized spacial score (nSPS) is 13.4. The Balaban J connectivity index is 2.53. The molecule has 1 unspecified atom stereocenters. The van der Waals surface area contributed by atoms with E-state index < -0.39 is 0 Å². The van der Waals surface area contributed by atoms with Crippen molar-refractivity contribution in [3.05, 3.63) is 18.2 Å². The zero-order valence-electron chi connectivity index (χ0n) is 10.0. The maximum absolute atomic E-state index is 5.24. The minimum absolute atomic E-state index is 0.219. The van der Waals surface area contributed by atoms with E-state index in [2.05, 4.69) is 35.6 Å². The van der Waals surface area contributed by atoms with E-state index in [1.165, 1.54) is 0 Å². The van der Waals surface area contributed by atoms with Gasteiger partial charge in [-0.2, -0.15) is 0 Å². The molecule has 0 radical (unpaired) electrons. The van der Waals surface area contributed by atoms with Crippen LogP contribution in [0.3, 0.4) is 0 Å². The molecule has 1 aromatic heterocycles. The fourth-order valence-electron chi connectivity index (χ4n) is 1.32. The first-order valence-electron chi connectivity index (χ1n) is 5.39. The Morgan fingerprint density at radius 3 is 2.80 bits per heavy atom. The Labute approximate surface area is 91.7 Å². The Morgan fingerprint density at radius 2 is 2.20 bits per heavy atom. The molecule has 1 N–H and O–H groups in total. The van der Waals surface area contributed by atoms with Crippen molar-refractivity contribution in [2.75, 3.05) is 7.11 Å². The first kappa shape index (κ1) is 12.2. The molecule has 1 atom stereocenters. The third-order valence-corrected chi connectivity index (χ3v) is 2.33. The molecular weight excluding hydrogens is 190 g/mol. The van der Waals surface area contributed by atoms with Crippen LogP contribution in [0.25, 0.3) is 0 Å². The molecule has 4 heteroatoms. The summed E-state index contributed by atoms with van der Waals surface area (Å²) < 4.78 is 7.36. The maximum Gasteiger partial charge on any atom is 0.122 e. The van der Waals surface area contributed by atoms with Gasteiger partial charge in [-0.05, 0) is 6.92 Å². The van der Waals surface area contributed by atoms with E-state index in [4.69, 9.17) is 4.74 Å². The number of hydrogen-bond donors (Lipinski definition) is 1. The average molecular weight is 211 g/mol. The van der Waals surface area contributed by atoms with Crippen molar-refractivity contribution in [2.24, 2.45) is 0 Å². The van der Waals surface area contributed by atoms with Gasteiger partial charge in [-0.1, -0.05) is 13.8 Å². The summed E-state index contributed by atoms with van der Waals surface area (Å²) in [5, 5.41) is 3.36. The number of hydrogen-bond acceptors (Lipinski definition) is 3. The number of ether oxygens (including phenoxy) is 1. The van der Waals surface area contributed by atoms with E-state index in [1.54, 1.807) is 7.11 Å². The van der Waals surface area contributed by atoms with Crippen LogP contribution in [0.5, 0.6) is 0 Å². The van der Waals surface area contributed by atoms with Gasteiger partial charge in [0.25, 0.3) is 0 Å². The van der Waals surface area contributed by atoms with Crippen molar-refractivity contribution < 1.29 is 4.74 Å². The SMILES string of the molecule is COC(C)Cn1ccnc1CNC(C)C. The Morgan fingerprint density at radius 1 is 1.47 bits per heavy atom. The van der Waals surface area contributed by atoms with Gasteiger partial charge in [-0.3, -0.25) is 0 Å². The predicted octanol–water partition coefficient (Wildman–Crippen LogP) is 1.42. The molecule has 0 spiro atoms. The van der Waals surface area contributed by atoms with Gasteiger partial charge in [0.05, 0.1) is 12.6 Å². The largest absolute Gasteiger partial charge is 0.380 e. The summed E-state index contributed by atoms with van der Waals surface area (Å²) in [5.74, 6) is 1.06. The lowest BCUT2D eigenvalue weighted by Gasteiger charge is -2.14. The number of rotatable bonds is 6.